The Morgan fingerprint density at radius 3 is 2.82 bits per heavy atom. The number of aromatic nitrogens is 2. The van der Waals surface area contributed by atoms with Gasteiger partial charge in [0.2, 0.25) is 0 Å². The number of amides is 1. The first-order chi connectivity index (χ1) is 10.7. The second kappa shape index (κ2) is 5.06. The van der Waals surface area contributed by atoms with Gasteiger partial charge in [-0.3, -0.25) is 9.78 Å². The molecule has 0 aromatic carbocycles. The lowest BCUT2D eigenvalue weighted by Crippen LogP contribution is -2.25. The van der Waals surface area contributed by atoms with E-state index in [0.29, 0.717) is 16.6 Å². The maximum Gasteiger partial charge on any atom is 0.263 e. The summed E-state index contributed by atoms with van der Waals surface area (Å²) in [5, 5.41) is 3.79. The van der Waals surface area contributed by atoms with Crippen LogP contribution in [0.3, 0.4) is 0 Å². The van der Waals surface area contributed by atoms with Crippen molar-refractivity contribution >= 4 is 33.1 Å². The Morgan fingerprint density at radius 2 is 2.09 bits per heavy atom. The molecule has 22 heavy (non-hydrogen) atoms. The Labute approximate surface area is 131 Å². The largest absolute Gasteiger partial charge is 0.397 e. The van der Waals surface area contributed by atoms with E-state index in [9.17, 15) is 4.79 Å². The average Bonchev–Trinajstić information content (AvgIpc) is 3.30. The zero-order valence-corrected chi connectivity index (χ0v) is 12.6. The van der Waals surface area contributed by atoms with Gasteiger partial charge in [0.05, 0.1) is 17.1 Å². The number of rotatable bonds is 3. The van der Waals surface area contributed by atoms with Crippen molar-refractivity contribution in [3.05, 3.63) is 41.4 Å². The van der Waals surface area contributed by atoms with Crippen LogP contribution in [0, 0.1) is 0 Å². The van der Waals surface area contributed by atoms with Crippen LogP contribution in [-0.2, 0) is 0 Å². The summed E-state index contributed by atoms with van der Waals surface area (Å²) in [4.78, 5) is 22.4. The van der Waals surface area contributed by atoms with Crippen molar-refractivity contribution in [3.63, 3.8) is 0 Å². The summed E-state index contributed by atoms with van der Waals surface area (Å²) in [7, 11) is 0. The molecule has 0 bridgehead atoms. The van der Waals surface area contributed by atoms with Crippen molar-refractivity contribution in [2.45, 2.75) is 18.9 Å². The second-order valence-corrected chi connectivity index (χ2v) is 6.36. The minimum atomic E-state index is -0.0950. The molecule has 0 saturated heterocycles. The fourth-order valence-corrected chi connectivity index (χ4v) is 3.30. The molecule has 0 atom stereocenters. The first-order valence-electron chi connectivity index (χ1n) is 7.13. The van der Waals surface area contributed by atoms with Gasteiger partial charge in [-0.25, -0.2) is 4.98 Å². The minimum absolute atomic E-state index is 0.0950. The molecule has 5 nitrogen and oxygen atoms in total. The highest BCUT2D eigenvalue weighted by Gasteiger charge is 2.26. The third-order valence-electron chi connectivity index (χ3n) is 3.64. The molecule has 1 fully saturated rings. The van der Waals surface area contributed by atoms with E-state index in [1.54, 1.807) is 6.20 Å². The van der Waals surface area contributed by atoms with Gasteiger partial charge in [0.1, 0.15) is 9.71 Å². The topological polar surface area (TPSA) is 80.9 Å². The lowest BCUT2D eigenvalue weighted by Gasteiger charge is -2.01. The highest BCUT2D eigenvalue weighted by atomic mass is 32.1. The van der Waals surface area contributed by atoms with Crippen LogP contribution in [0.2, 0.25) is 0 Å². The van der Waals surface area contributed by atoms with Gasteiger partial charge in [0.15, 0.2) is 0 Å². The summed E-state index contributed by atoms with van der Waals surface area (Å²) in [5.41, 5.74) is 8.22. The minimum Gasteiger partial charge on any atom is -0.397 e. The molecule has 3 aromatic heterocycles. The normalized spacial score (nSPS) is 14.2. The molecular weight excluding hydrogens is 296 g/mol. The molecule has 4 rings (SSSR count). The number of thiophene rings is 1. The number of nitrogens with zero attached hydrogens (tertiary/aromatic N) is 2. The molecule has 1 aliphatic rings. The Kier molecular flexibility index (Phi) is 3.04. The Bertz CT molecular complexity index is 855. The fourth-order valence-electron chi connectivity index (χ4n) is 2.30. The van der Waals surface area contributed by atoms with Crippen LogP contribution >= 0.6 is 11.3 Å². The summed E-state index contributed by atoms with van der Waals surface area (Å²) >= 11 is 1.33. The van der Waals surface area contributed by atoms with Gasteiger partial charge in [0, 0.05) is 17.6 Å². The van der Waals surface area contributed by atoms with E-state index >= 15 is 0 Å². The molecule has 0 unspecified atom stereocenters. The van der Waals surface area contributed by atoms with E-state index < -0.39 is 0 Å². The third kappa shape index (κ3) is 2.31. The van der Waals surface area contributed by atoms with E-state index in [4.69, 9.17) is 5.73 Å². The third-order valence-corrected chi connectivity index (χ3v) is 4.75. The lowest BCUT2D eigenvalue weighted by molar-refractivity contribution is 0.0956. The molecule has 3 aromatic rings. The number of fused-ring (bicyclic) bond motifs is 1. The Morgan fingerprint density at radius 1 is 1.23 bits per heavy atom. The van der Waals surface area contributed by atoms with Crippen LogP contribution in [0.25, 0.3) is 21.6 Å². The van der Waals surface area contributed by atoms with Crippen LogP contribution in [0.15, 0.2) is 36.5 Å². The molecule has 1 saturated carbocycles. The Balaban J connectivity index is 1.75. The first kappa shape index (κ1) is 13.2. The molecule has 3 N–H and O–H groups in total. The highest BCUT2D eigenvalue weighted by Crippen LogP contribution is 2.34. The predicted molar refractivity (Wildman–Crippen MR) is 87.8 cm³/mol. The molecule has 1 aliphatic carbocycles. The second-order valence-electron chi connectivity index (χ2n) is 5.36. The number of pyridine rings is 2. The summed E-state index contributed by atoms with van der Waals surface area (Å²) in [5.74, 6) is -0.0950. The average molecular weight is 310 g/mol. The number of hydrogen-bond donors (Lipinski definition) is 2. The van der Waals surface area contributed by atoms with Crippen LogP contribution < -0.4 is 11.1 Å². The number of carbonyl (C=O) groups is 1. The fraction of sp³-hybridized carbons (Fsp3) is 0.188. The number of nitrogens with two attached hydrogens (primary N) is 1. The number of anilines is 1. The zero-order valence-electron chi connectivity index (χ0n) is 11.7. The van der Waals surface area contributed by atoms with Crippen molar-refractivity contribution in [3.8, 4) is 11.4 Å². The standard InChI is InChI=1S/C16H14N4OS/c17-13-10-6-7-12(11-3-1-2-8-18-11)20-16(10)22-14(13)15(21)19-9-4-5-9/h1-3,6-9H,4-5,17H2,(H,19,21). The summed E-state index contributed by atoms with van der Waals surface area (Å²) in [6, 6.07) is 9.81. The summed E-state index contributed by atoms with van der Waals surface area (Å²) in [6.07, 6.45) is 3.84. The Hall–Kier alpha value is -2.47. The van der Waals surface area contributed by atoms with Crippen molar-refractivity contribution < 1.29 is 4.79 Å². The van der Waals surface area contributed by atoms with Crippen LogP contribution in [-0.4, -0.2) is 21.9 Å². The van der Waals surface area contributed by atoms with Crippen LogP contribution in [0.4, 0.5) is 5.69 Å². The van der Waals surface area contributed by atoms with Crippen molar-refractivity contribution in [2.24, 2.45) is 0 Å². The van der Waals surface area contributed by atoms with Crippen LogP contribution in [0.5, 0.6) is 0 Å². The molecule has 0 radical (unpaired) electrons. The smallest absolute Gasteiger partial charge is 0.263 e. The molecule has 1 amide bonds. The van der Waals surface area contributed by atoms with E-state index in [1.807, 2.05) is 30.3 Å². The summed E-state index contributed by atoms with van der Waals surface area (Å²) in [6.45, 7) is 0. The van der Waals surface area contributed by atoms with E-state index in [0.717, 1.165) is 34.4 Å². The van der Waals surface area contributed by atoms with Gasteiger partial charge in [0.25, 0.3) is 5.91 Å². The van der Waals surface area contributed by atoms with Crippen molar-refractivity contribution in [2.75, 3.05) is 5.73 Å². The van der Waals surface area contributed by atoms with Crippen molar-refractivity contribution in [1.29, 1.82) is 0 Å². The number of carbonyl (C=O) groups excluding carboxylic acids is 1. The SMILES string of the molecule is Nc1c(C(=O)NC2CC2)sc2nc(-c3ccccn3)ccc12. The molecule has 110 valence electrons. The molecule has 0 aliphatic heterocycles. The van der Waals surface area contributed by atoms with Gasteiger partial charge in [-0.1, -0.05) is 6.07 Å². The predicted octanol–water partition coefficient (Wildman–Crippen LogP) is 2.83. The van der Waals surface area contributed by atoms with Gasteiger partial charge >= 0.3 is 0 Å². The zero-order chi connectivity index (χ0) is 15.1. The maximum atomic E-state index is 12.2. The van der Waals surface area contributed by atoms with Gasteiger partial charge in [-0.2, -0.15) is 0 Å². The first-order valence-corrected chi connectivity index (χ1v) is 7.95. The maximum absolute atomic E-state index is 12.2. The highest BCUT2D eigenvalue weighted by molar-refractivity contribution is 7.21. The lowest BCUT2D eigenvalue weighted by atomic mass is 10.2. The van der Waals surface area contributed by atoms with E-state index in [1.165, 1.54) is 11.3 Å². The van der Waals surface area contributed by atoms with Gasteiger partial charge in [-0.15, -0.1) is 11.3 Å². The number of nitrogens with one attached hydrogen (secondary N) is 1. The quantitative estimate of drug-likeness (QED) is 0.779. The molecule has 3 heterocycles. The summed E-state index contributed by atoms with van der Waals surface area (Å²) < 4.78 is 0. The van der Waals surface area contributed by atoms with Crippen LogP contribution in [0.1, 0.15) is 22.5 Å². The van der Waals surface area contributed by atoms with Crippen molar-refractivity contribution in [1.82, 2.24) is 15.3 Å². The molecule has 0 spiro atoms. The molecular formula is C16H14N4OS. The number of nitrogen functional groups attached to an aromatic ring is 1. The van der Waals surface area contributed by atoms with E-state index in [2.05, 4.69) is 15.3 Å². The number of hydrogen-bond acceptors (Lipinski definition) is 5. The van der Waals surface area contributed by atoms with E-state index in [-0.39, 0.29) is 5.91 Å². The van der Waals surface area contributed by atoms with Gasteiger partial charge < -0.3 is 11.1 Å². The van der Waals surface area contributed by atoms with Gasteiger partial charge in [-0.05, 0) is 37.1 Å². The monoisotopic (exact) mass is 310 g/mol. The molecule has 6 heteroatoms.